The molecule has 1 aliphatic rings. The van der Waals surface area contributed by atoms with Crippen molar-refractivity contribution in [3.63, 3.8) is 0 Å². The molecule has 82 valence electrons. The average Bonchev–Trinajstić information content (AvgIpc) is 2.19. The SMILES string of the molecule is CCOP1(=S)OCc2nc(C)ccc2O1. The summed E-state index contributed by atoms with van der Waals surface area (Å²) in [4.78, 5) is 4.31. The zero-order valence-electron chi connectivity index (χ0n) is 8.60. The number of aromatic nitrogens is 1. The van der Waals surface area contributed by atoms with Crippen LogP contribution in [0.25, 0.3) is 0 Å². The maximum atomic E-state index is 5.53. The van der Waals surface area contributed by atoms with Crippen molar-refractivity contribution in [2.75, 3.05) is 6.61 Å². The van der Waals surface area contributed by atoms with E-state index in [4.69, 9.17) is 25.4 Å². The topological polar surface area (TPSA) is 40.6 Å². The summed E-state index contributed by atoms with van der Waals surface area (Å²) >= 11 is 5.18. The highest BCUT2D eigenvalue weighted by atomic mass is 32.5. The van der Waals surface area contributed by atoms with E-state index in [2.05, 4.69) is 4.98 Å². The molecular weight excluding hydrogens is 233 g/mol. The second-order valence-corrected chi connectivity index (χ2v) is 6.06. The number of fused-ring (bicyclic) bond motifs is 1. The zero-order chi connectivity index (χ0) is 10.9. The Morgan fingerprint density at radius 3 is 3.13 bits per heavy atom. The maximum Gasteiger partial charge on any atom is 0.381 e. The lowest BCUT2D eigenvalue weighted by Gasteiger charge is -2.27. The highest BCUT2D eigenvalue weighted by Crippen LogP contribution is 2.54. The molecule has 0 spiro atoms. The van der Waals surface area contributed by atoms with Crippen LogP contribution in [-0.4, -0.2) is 11.6 Å². The molecule has 0 saturated heterocycles. The molecular formula is C9H12NO3PS. The Balaban J connectivity index is 2.27. The first-order chi connectivity index (χ1) is 7.13. The summed E-state index contributed by atoms with van der Waals surface area (Å²) < 4.78 is 16.3. The Labute approximate surface area is 93.8 Å². The van der Waals surface area contributed by atoms with Gasteiger partial charge in [0.15, 0.2) is 5.75 Å². The van der Waals surface area contributed by atoms with E-state index in [1.54, 1.807) is 0 Å². The van der Waals surface area contributed by atoms with Crippen LogP contribution in [0.1, 0.15) is 18.3 Å². The molecule has 0 radical (unpaired) electrons. The molecule has 4 nitrogen and oxygen atoms in total. The van der Waals surface area contributed by atoms with Gasteiger partial charge in [0.25, 0.3) is 0 Å². The van der Waals surface area contributed by atoms with E-state index < -0.39 is 6.72 Å². The fourth-order valence-electron chi connectivity index (χ4n) is 1.29. The van der Waals surface area contributed by atoms with Gasteiger partial charge in [-0.3, -0.25) is 14.0 Å². The molecule has 0 N–H and O–H groups in total. The van der Waals surface area contributed by atoms with Crippen molar-refractivity contribution in [2.45, 2.75) is 20.5 Å². The fourth-order valence-corrected chi connectivity index (χ4v) is 3.19. The Bertz CT molecular complexity index is 424. The lowest BCUT2D eigenvalue weighted by Crippen LogP contribution is -2.11. The Hall–Kier alpha value is -0.480. The summed E-state index contributed by atoms with van der Waals surface area (Å²) in [6.07, 6.45) is 0. The van der Waals surface area contributed by atoms with E-state index in [1.165, 1.54) is 0 Å². The summed E-state index contributed by atoms with van der Waals surface area (Å²) in [5.41, 5.74) is 1.72. The Morgan fingerprint density at radius 1 is 1.60 bits per heavy atom. The first-order valence-electron chi connectivity index (χ1n) is 4.68. The number of pyridine rings is 1. The molecule has 1 aromatic rings. The third-order valence-electron chi connectivity index (χ3n) is 1.93. The number of hydrogen-bond donors (Lipinski definition) is 0. The van der Waals surface area contributed by atoms with E-state index in [1.807, 2.05) is 26.0 Å². The molecule has 2 rings (SSSR count). The number of hydrogen-bond acceptors (Lipinski definition) is 5. The van der Waals surface area contributed by atoms with Crippen LogP contribution in [0.4, 0.5) is 0 Å². The zero-order valence-corrected chi connectivity index (χ0v) is 10.3. The van der Waals surface area contributed by atoms with Gasteiger partial charge in [-0.25, -0.2) is 0 Å². The van der Waals surface area contributed by atoms with Gasteiger partial charge in [0, 0.05) is 17.5 Å². The van der Waals surface area contributed by atoms with Gasteiger partial charge in [0.2, 0.25) is 0 Å². The van der Waals surface area contributed by atoms with E-state index in [0.29, 0.717) is 19.0 Å². The first kappa shape index (κ1) is 11.0. The number of rotatable bonds is 2. The van der Waals surface area contributed by atoms with Crippen molar-refractivity contribution in [1.82, 2.24) is 4.98 Å². The van der Waals surface area contributed by atoms with Gasteiger partial charge in [-0.15, -0.1) is 0 Å². The molecule has 1 unspecified atom stereocenters. The van der Waals surface area contributed by atoms with Crippen LogP contribution in [0.15, 0.2) is 12.1 Å². The normalized spacial score (nSPS) is 24.4. The average molecular weight is 245 g/mol. The standard InChI is InChI=1S/C9H12NO3PS/c1-3-11-14(15)12-6-8-9(13-14)5-4-7(2)10-8/h4-5H,3,6H2,1-2H3. The molecule has 0 amide bonds. The molecule has 1 atom stereocenters. The lowest BCUT2D eigenvalue weighted by molar-refractivity contribution is 0.182. The molecule has 0 fully saturated rings. The predicted octanol–water partition coefficient (Wildman–Crippen LogP) is 2.56. The second kappa shape index (κ2) is 4.18. The Kier molecular flexibility index (Phi) is 3.07. The van der Waals surface area contributed by atoms with E-state index in [9.17, 15) is 0 Å². The highest BCUT2D eigenvalue weighted by molar-refractivity contribution is 8.07. The molecule has 0 saturated carbocycles. The predicted molar refractivity (Wildman–Crippen MR) is 60.3 cm³/mol. The fraction of sp³-hybridized carbons (Fsp3) is 0.444. The van der Waals surface area contributed by atoms with Crippen molar-refractivity contribution in [3.05, 3.63) is 23.5 Å². The molecule has 6 heteroatoms. The third-order valence-corrected chi connectivity index (χ3v) is 4.22. The highest BCUT2D eigenvalue weighted by Gasteiger charge is 2.29. The van der Waals surface area contributed by atoms with Crippen molar-refractivity contribution in [2.24, 2.45) is 0 Å². The second-order valence-electron chi connectivity index (χ2n) is 3.13. The first-order valence-corrected chi connectivity index (χ1v) is 7.24. The smallest absolute Gasteiger partial charge is 0.381 e. The molecule has 0 aromatic carbocycles. The van der Waals surface area contributed by atoms with Gasteiger partial charge in [0.1, 0.15) is 12.3 Å². The summed E-state index contributed by atoms with van der Waals surface area (Å²) in [6, 6.07) is 3.75. The minimum absolute atomic E-state index is 0.369. The van der Waals surface area contributed by atoms with Gasteiger partial charge in [-0.2, -0.15) is 0 Å². The lowest BCUT2D eigenvalue weighted by atomic mass is 10.3. The van der Waals surface area contributed by atoms with Crippen LogP contribution >= 0.6 is 6.72 Å². The summed E-state index contributed by atoms with van der Waals surface area (Å²) in [5.74, 6) is 0.684. The van der Waals surface area contributed by atoms with E-state index in [0.717, 1.165) is 11.4 Å². The van der Waals surface area contributed by atoms with Crippen LogP contribution in [0.3, 0.4) is 0 Å². The quantitative estimate of drug-likeness (QED) is 0.749. The number of nitrogens with zero attached hydrogens (tertiary/aromatic N) is 1. The minimum atomic E-state index is -2.57. The van der Waals surface area contributed by atoms with Crippen molar-refractivity contribution in [1.29, 1.82) is 0 Å². The third kappa shape index (κ3) is 2.37. The molecule has 0 aliphatic carbocycles. The van der Waals surface area contributed by atoms with Gasteiger partial charge in [-0.1, -0.05) is 0 Å². The van der Waals surface area contributed by atoms with Gasteiger partial charge < -0.3 is 4.52 Å². The van der Waals surface area contributed by atoms with Crippen LogP contribution in [-0.2, 0) is 27.5 Å². The summed E-state index contributed by atoms with van der Waals surface area (Å²) in [5, 5.41) is 0. The monoisotopic (exact) mass is 245 g/mol. The number of aryl methyl sites for hydroxylation is 1. The minimum Gasteiger partial charge on any atom is -0.422 e. The van der Waals surface area contributed by atoms with Crippen LogP contribution in [0.2, 0.25) is 0 Å². The van der Waals surface area contributed by atoms with Crippen molar-refractivity contribution in [3.8, 4) is 5.75 Å². The van der Waals surface area contributed by atoms with E-state index >= 15 is 0 Å². The Morgan fingerprint density at radius 2 is 2.40 bits per heavy atom. The van der Waals surface area contributed by atoms with E-state index in [-0.39, 0.29) is 0 Å². The van der Waals surface area contributed by atoms with Crippen molar-refractivity contribution >= 4 is 18.5 Å². The van der Waals surface area contributed by atoms with Crippen molar-refractivity contribution < 1.29 is 13.6 Å². The molecule has 2 heterocycles. The molecule has 1 aromatic heterocycles. The van der Waals surface area contributed by atoms with Crippen LogP contribution in [0.5, 0.6) is 5.75 Å². The summed E-state index contributed by atoms with van der Waals surface area (Å²) in [6.45, 7) is 2.08. The largest absolute Gasteiger partial charge is 0.422 e. The molecule has 1 aliphatic heterocycles. The maximum absolute atomic E-state index is 5.53. The van der Waals surface area contributed by atoms with Gasteiger partial charge in [-0.05, 0) is 26.0 Å². The summed E-state index contributed by atoms with van der Waals surface area (Å²) in [7, 11) is 0. The van der Waals surface area contributed by atoms with Crippen LogP contribution in [0, 0.1) is 6.92 Å². The van der Waals surface area contributed by atoms with Gasteiger partial charge >= 0.3 is 6.72 Å². The molecule has 0 bridgehead atoms. The van der Waals surface area contributed by atoms with Crippen LogP contribution < -0.4 is 4.52 Å². The van der Waals surface area contributed by atoms with Gasteiger partial charge in [0.05, 0.1) is 6.61 Å². The molecule has 15 heavy (non-hydrogen) atoms.